The number of benzene rings is 3. The van der Waals surface area contributed by atoms with Crippen LogP contribution in [0.5, 0.6) is 5.75 Å². The zero-order chi connectivity index (χ0) is 23.6. The highest BCUT2D eigenvalue weighted by atomic mass is 19.4. The van der Waals surface area contributed by atoms with Gasteiger partial charge < -0.3 is 4.74 Å². The number of halogens is 5. The van der Waals surface area contributed by atoms with Gasteiger partial charge >= 0.3 is 6.36 Å². The molecule has 33 heavy (non-hydrogen) atoms. The quantitative estimate of drug-likeness (QED) is 0.302. The first-order chi connectivity index (χ1) is 15.7. The fourth-order valence-corrected chi connectivity index (χ4v) is 4.14. The highest BCUT2D eigenvalue weighted by Gasteiger charge is 2.31. The summed E-state index contributed by atoms with van der Waals surface area (Å²) >= 11 is 0. The van der Waals surface area contributed by atoms with Crippen LogP contribution in [0.15, 0.2) is 54.6 Å². The first kappa shape index (κ1) is 22.8. The van der Waals surface area contributed by atoms with Gasteiger partial charge in [-0.3, -0.25) is 0 Å². The summed E-state index contributed by atoms with van der Waals surface area (Å²) in [6.07, 6.45) is -1.99. The van der Waals surface area contributed by atoms with Crippen LogP contribution in [0.1, 0.15) is 52.6 Å². The van der Waals surface area contributed by atoms with Crippen molar-refractivity contribution >= 4 is 0 Å². The third kappa shape index (κ3) is 5.54. The Morgan fingerprint density at radius 1 is 0.909 bits per heavy atom. The number of hydrogen-bond acceptors (Lipinski definition) is 1. The molecule has 1 atom stereocenters. The molecule has 0 saturated carbocycles. The molecule has 1 aliphatic carbocycles. The monoisotopic (exact) mass is 456 g/mol. The molecule has 0 aliphatic heterocycles. The molecular formula is C27H21F5O. The fraction of sp³-hybridized carbons (Fsp3) is 0.259. The molecule has 1 nitrogen and oxygen atoms in total. The van der Waals surface area contributed by atoms with Crippen LogP contribution in [-0.4, -0.2) is 6.36 Å². The summed E-state index contributed by atoms with van der Waals surface area (Å²) in [7, 11) is 0. The molecule has 0 spiro atoms. The summed E-state index contributed by atoms with van der Waals surface area (Å²) in [4.78, 5) is 0. The summed E-state index contributed by atoms with van der Waals surface area (Å²) in [5.41, 5.74) is 4.11. The Hall–Kier alpha value is -3.33. The first-order valence-electron chi connectivity index (χ1n) is 10.7. The molecule has 0 fully saturated rings. The van der Waals surface area contributed by atoms with Crippen molar-refractivity contribution in [1.29, 1.82) is 0 Å². The zero-order valence-electron chi connectivity index (χ0n) is 17.9. The van der Waals surface area contributed by atoms with Gasteiger partial charge in [0.1, 0.15) is 17.4 Å². The zero-order valence-corrected chi connectivity index (χ0v) is 17.9. The number of hydrogen-bond donors (Lipinski definition) is 0. The molecule has 3 aromatic carbocycles. The molecule has 1 aliphatic rings. The van der Waals surface area contributed by atoms with Crippen molar-refractivity contribution in [3.05, 3.63) is 99.6 Å². The van der Waals surface area contributed by atoms with Gasteiger partial charge in [-0.05, 0) is 96.3 Å². The van der Waals surface area contributed by atoms with Crippen molar-refractivity contribution in [2.45, 2.75) is 44.9 Å². The van der Waals surface area contributed by atoms with Crippen LogP contribution in [0.25, 0.3) is 0 Å². The minimum Gasteiger partial charge on any atom is -0.406 e. The standard InChI is InChI=1S/C27H21F5O/c1-2-17-6-12-24(26(29)13-17)20-9-8-19-14-21(25(28)16-22(19)15-20)7-3-18-4-10-23(11-5-18)33-27(30,31)32/h4-6,10-14,16,20H,2,8-9,15H2,1H3. The van der Waals surface area contributed by atoms with Gasteiger partial charge in [-0.25, -0.2) is 8.78 Å². The molecule has 1 unspecified atom stereocenters. The SMILES string of the molecule is CCc1ccc(C2CCc3cc(C#Cc4ccc(OC(F)(F)F)cc4)c(F)cc3C2)c(F)c1. The molecule has 0 aromatic heterocycles. The minimum atomic E-state index is -4.76. The Balaban J connectivity index is 1.51. The molecular weight excluding hydrogens is 435 g/mol. The molecule has 0 N–H and O–H groups in total. The highest BCUT2D eigenvalue weighted by Crippen LogP contribution is 2.35. The predicted molar refractivity (Wildman–Crippen MR) is 116 cm³/mol. The molecule has 4 rings (SSSR count). The lowest BCUT2D eigenvalue weighted by molar-refractivity contribution is -0.274. The molecule has 6 heteroatoms. The van der Waals surface area contributed by atoms with Crippen molar-refractivity contribution in [1.82, 2.24) is 0 Å². The molecule has 0 bridgehead atoms. The molecule has 0 amide bonds. The van der Waals surface area contributed by atoms with Crippen LogP contribution in [-0.2, 0) is 19.3 Å². The first-order valence-corrected chi connectivity index (χ1v) is 10.7. The maximum absolute atomic E-state index is 14.7. The Bertz CT molecular complexity index is 1220. The lowest BCUT2D eigenvalue weighted by Crippen LogP contribution is -2.16. The lowest BCUT2D eigenvalue weighted by Gasteiger charge is -2.26. The van der Waals surface area contributed by atoms with E-state index < -0.39 is 12.2 Å². The summed E-state index contributed by atoms with van der Waals surface area (Å²) in [5.74, 6) is 4.51. The van der Waals surface area contributed by atoms with Gasteiger partial charge in [0.05, 0.1) is 5.56 Å². The van der Waals surface area contributed by atoms with Crippen molar-refractivity contribution in [3.63, 3.8) is 0 Å². The van der Waals surface area contributed by atoms with E-state index in [0.717, 1.165) is 41.7 Å². The number of fused-ring (bicyclic) bond motifs is 1. The van der Waals surface area contributed by atoms with Gasteiger partial charge in [0, 0.05) is 5.56 Å². The van der Waals surface area contributed by atoms with Crippen LogP contribution in [0, 0.1) is 23.5 Å². The number of rotatable bonds is 3. The van der Waals surface area contributed by atoms with Gasteiger partial charge in [0.25, 0.3) is 0 Å². The fourth-order valence-electron chi connectivity index (χ4n) is 4.14. The molecule has 0 saturated heterocycles. The van der Waals surface area contributed by atoms with Crippen LogP contribution in [0.4, 0.5) is 22.0 Å². The summed E-state index contributed by atoms with van der Waals surface area (Å²) in [6.45, 7) is 1.98. The number of ether oxygens (including phenoxy) is 1. The number of aryl methyl sites for hydroxylation is 2. The second kappa shape index (κ2) is 9.27. The highest BCUT2D eigenvalue weighted by molar-refractivity contribution is 5.48. The third-order valence-corrected chi connectivity index (χ3v) is 5.86. The van der Waals surface area contributed by atoms with E-state index in [1.807, 2.05) is 19.1 Å². The second-order valence-electron chi connectivity index (χ2n) is 8.07. The van der Waals surface area contributed by atoms with Gasteiger partial charge in [-0.1, -0.05) is 30.9 Å². The van der Waals surface area contributed by atoms with Crippen molar-refractivity contribution in [2.75, 3.05) is 0 Å². The minimum absolute atomic E-state index is 0.00262. The second-order valence-corrected chi connectivity index (χ2v) is 8.07. The van der Waals surface area contributed by atoms with Crippen LogP contribution in [0.2, 0.25) is 0 Å². The van der Waals surface area contributed by atoms with E-state index in [1.165, 1.54) is 18.2 Å². The van der Waals surface area contributed by atoms with Gasteiger partial charge in [0.15, 0.2) is 0 Å². The van der Waals surface area contributed by atoms with E-state index in [9.17, 15) is 22.0 Å². The molecule has 0 radical (unpaired) electrons. The van der Waals surface area contributed by atoms with E-state index in [0.29, 0.717) is 24.0 Å². The third-order valence-electron chi connectivity index (χ3n) is 5.86. The largest absolute Gasteiger partial charge is 0.573 e. The average Bonchev–Trinajstić information content (AvgIpc) is 2.77. The van der Waals surface area contributed by atoms with Crippen LogP contribution >= 0.6 is 0 Å². The van der Waals surface area contributed by atoms with E-state index in [4.69, 9.17) is 0 Å². The Kier molecular flexibility index (Phi) is 6.42. The van der Waals surface area contributed by atoms with E-state index in [-0.39, 0.29) is 23.0 Å². The molecule has 3 aromatic rings. The smallest absolute Gasteiger partial charge is 0.406 e. The van der Waals surface area contributed by atoms with Crippen molar-refractivity contribution in [2.24, 2.45) is 0 Å². The van der Waals surface area contributed by atoms with Gasteiger partial charge in [-0.2, -0.15) is 0 Å². The molecule has 170 valence electrons. The van der Waals surface area contributed by atoms with Crippen LogP contribution < -0.4 is 4.74 Å². The topological polar surface area (TPSA) is 9.23 Å². The maximum Gasteiger partial charge on any atom is 0.573 e. The van der Waals surface area contributed by atoms with Crippen LogP contribution in [0.3, 0.4) is 0 Å². The summed E-state index contributed by atoms with van der Waals surface area (Å²) in [5, 5.41) is 0. The van der Waals surface area contributed by atoms with Crippen molar-refractivity contribution < 1.29 is 26.7 Å². The van der Waals surface area contributed by atoms with Crippen molar-refractivity contribution in [3.8, 4) is 17.6 Å². The lowest BCUT2D eigenvalue weighted by atomic mass is 9.79. The Morgan fingerprint density at radius 2 is 1.67 bits per heavy atom. The maximum atomic E-state index is 14.7. The van der Waals surface area contributed by atoms with Gasteiger partial charge in [-0.15, -0.1) is 13.2 Å². The normalized spacial score (nSPS) is 15.4. The Labute approximate surface area is 189 Å². The summed E-state index contributed by atoms with van der Waals surface area (Å²) in [6, 6.07) is 13.6. The van der Waals surface area contributed by atoms with E-state index in [1.54, 1.807) is 12.1 Å². The summed E-state index contributed by atoms with van der Waals surface area (Å²) < 4.78 is 69.9. The predicted octanol–water partition coefficient (Wildman–Crippen LogP) is 7.10. The molecule has 0 heterocycles. The van der Waals surface area contributed by atoms with Gasteiger partial charge in [0.2, 0.25) is 0 Å². The average molecular weight is 456 g/mol. The van der Waals surface area contributed by atoms with E-state index in [2.05, 4.69) is 16.6 Å². The number of alkyl halides is 3. The Morgan fingerprint density at radius 3 is 2.33 bits per heavy atom. The van der Waals surface area contributed by atoms with E-state index >= 15 is 0 Å².